The summed E-state index contributed by atoms with van der Waals surface area (Å²) >= 11 is 0. The number of rotatable bonds is 12. The molecule has 1 aromatic rings. The minimum absolute atomic E-state index is 0.111. The summed E-state index contributed by atoms with van der Waals surface area (Å²) in [7, 11) is 0. The van der Waals surface area contributed by atoms with E-state index in [4.69, 9.17) is 4.74 Å². The average molecular weight is 439 g/mol. The first-order valence-electron chi connectivity index (χ1n) is 13.7. The maximum atomic E-state index is 12.7. The lowest BCUT2D eigenvalue weighted by Gasteiger charge is -2.28. The Morgan fingerprint density at radius 2 is 1.47 bits per heavy atom. The molecule has 2 heteroatoms. The Bertz CT molecular complexity index is 694. The third-order valence-electron chi connectivity index (χ3n) is 7.76. The van der Waals surface area contributed by atoms with Gasteiger partial charge in [-0.15, -0.1) is 0 Å². The van der Waals surface area contributed by atoms with E-state index in [-0.39, 0.29) is 12.1 Å². The van der Waals surface area contributed by atoms with Crippen molar-refractivity contribution in [3.63, 3.8) is 0 Å². The molecule has 2 aliphatic rings. The van der Waals surface area contributed by atoms with Gasteiger partial charge in [0.25, 0.3) is 0 Å². The van der Waals surface area contributed by atoms with Gasteiger partial charge < -0.3 is 4.74 Å². The summed E-state index contributed by atoms with van der Waals surface area (Å²) in [6, 6.07) is 8.16. The molecule has 0 aliphatic heterocycles. The van der Waals surface area contributed by atoms with E-state index < -0.39 is 0 Å². The zero-order chi connectivity index (χ0) is 22.6. The number of hydrogen-bond acceptors (Lipinski definition) is 2. The summed E-state index contributed by atoms with van der Waals surface area (Å²) in [6.45, 7) is 4.55. The Hall–Kier alpha value is -1.57. The van der Waals surface area contributed by atoms with Crippen molar-refractivity contribution in [1.82, 2.24) is 0 Å². The van der Waals surface area contributed by atoms with Crippen molar-refractivity contribution in [2.24, 2.45) is 11.8 Å². The highest BCUT2D eigenvalue weighted by Crippen LogP contribution is 2.33. The van der Waals surface area contributed by atoms with Gasteiger partial charge in [-0.25, -0.2) is 4.79 Å². The molecule has 0 heterocycles. The van der Waals surface area contributed by atoms with Crippen LogP contribution in [0.4, 0.5) is 0 Å². The third-order valence-corrected chi connectivity index (χ3v) is 7.76. The topological polar surface area (TPSA) is 26.3 Å². The van der Waals surface area contributed by atoms with Crippen LogP contribution in [-0.2, 0) is 4.74 Å². The molecule has 0 spiro atoms. The summed E-state index contributed by atoms with van der Waals surface area (Å²) in [5.41, 5.74) is 3.43. The summed E-state index contributed by atoms with van der Waals surface area (Å²) in [5.74, 6) is 1.57. The van der Waals surface area contributed by atoms with E-state index in [1.54, 1.807) is 0 Å². The van der Waals surface area contributed by atoms with Crippen LogP contribution in [0.2, 0.25) is 0 Å². The van der Waals surface area contributed by atoms with Crippen LogP contribution in [-0.4, -0.2) is 12.1 Å². The fourth-order valence-electron chi connectivity index (χ4n) is 5.53. The Labute approximate surface area is 197 Å². The number of carbonyl (C=O) groups is 1. The summed E-state index contributed by atoms with van der Waals surface area (Å²) in [6.07, 6.45) is 22.9. The van der Waals surface area contributed by atoms with Crippen LogP contribution >= 0.6 is 0 Å². The minimum atomic E-state index is -0.142. The molecule has 0 radical (unpaired) electrons. The molecule has 1 fully saturated rings. The normalized spacial score (nSPS) is 23.6. The molecule has 2 nitrogen and oxygen atoms in total. The Morgan fingerprint density at radius 3 is 2.12 bits per heavy atom. The second kappa shape index (κ2) is 13.9. The van der Waals surface area contributed by atoms with Crippen LogP contribution in [0.1, 0.15) is 133 Å². The van der Waals surface area contributed by atoms with Crippen molar-refractivity contribution in [1.29, 1.82) is 0 Å². The van der Waals surface area contributed by atoms with Gasteiger partial charge in [0.05, 0.1) is 5.56 Å². The van der Waals surface area contributed by atoms with Gasteiger partial charge in [0.15, 0.2) is 0 Å². The van der Waals surface area contributed by atoms with E-state index in [1.807, 2.05) is 12.1 Å². The van der Waals surface area contributed by atoms with Gasteiger partial charge >= 0.3 is 5.97 Å². The van der Waals surface area contributed by atoms with E-state index >= 15 is 0 Å². The van der Waals surface area contributed by atoms with Crippen molar-refractivity contribution in [2.45, 2.75) is 123 Å². The second-order valence-electron chi connectivity index (χ2n) is 10.3. The highest BCUT2D eigenvalue weighted by Gasteiger charge is 2.24. The largest absolute Gasteiger partial charge is 0.459 e. The van der Waals surface area contributed by atoms with Crippen molar-refractivity contribution in [3.8, 4) is 0 Å². The van der Waals surface area contributed by atoms with Crippen molar-refractivity contribution < 1.29 is 9.53 Å². The van der Waals surface area contributed by atoms with Crippen LogP contribution in [0.15, 0.2) is 30.3 Å². The van der Waals surface area contributed by atoms with E-state index in [0.29, 0.717) is 5.56 Å². The predicted molar refractivity (Wildman–Crippen MR) is 136 cm³/mol. The van der Waals surface area contributed by atoms with Gasteiger partial charge in [0.2, 0.25) is 0 Å². The highest BCUT2D eigenvalue weighted by molar-refractivity contribution is 5.90. The van der Waals surface area contributed by atoms with Crippen LogP contribution in [0, 0.1) is 11.8 Å². The van der Waals surface area contributed by atoms with Crippen molar-refractivity contribution >= 4 is 11.5 Å². The van der Waals surface area contributed by atoms with Gasteiger partial charge in [-0.3, -0.25) is 0 Å². The molecule has 1 atom stereocenters. The minimum Gasteiger partial charge on any atom is -0.459 e. The molecule has 1 unspecified atom stereocenters. The lowest BCUT2D eigenvalue weighted by atomic mass is 9.83. The van der Waals surface area contributed by atoms with E-state index in [0.717, 1.165) is 24.7 Å². The molecule has 32 heavy (non-hydrogen) atoms. The van der Waals surface area contributed by atoms with E-state index in [9.17, 15) is 4.79 Å². The lowest BCUT2D eigenvalue weighted by Crippen LogP contribution is -2.24. The SMILES string of the molecule is CCCCCC[C@H]1CC[C@H](OC(=O)c2ccc(C3=CCC(CCCCC)CC3)cc2)CC1. The number of carbonyl (C=O) groups excluding carboxylic acids is 1. The van der Waals surface area contributed by atoms with Crippen LogP contribution in [0.5, 0.6) is 0 Å². The summed E-state index contributed by atoms with van der Waals surface area (Å²) in [5, 5.41) is 0. The molecular weight excluding hydrogens is 392 g/mol. The molecule has 1 aromatic carbocycles. The Kier molecular flexibility index (Phi) is 10.9. The van der Waals surface area contributed by atoms with Gasteiger partial charge in [0.1, 0.15) is 6.10 Å². The Balaban J connectivity index is 1.40. The number of benzene rings is 1. The number of esters is 1. The van der Waals surface area contributed by atoms with Gasteiger partial charge in [-0.05, 0) is 80.1 Å². The van der Waals surface area contributed by atoms with Crippen LogP contribution < -0.4 is 0 Å². The number of hydrogen-bond donors (Lipinski definition) is 0. The molecule has 0 amide bonds. The smallest absolute Gasteiger partial charge is 0.338 e. The fourth-order valence-corrected chi connectivity index (χ4v) is 5.53. The fraction of sp³-hybridized carbons (Fsp3) is 0.700. The number of unbranched alkanes of at least 4 members (excludes halogenated alkanes) is 5. The first-order valence-corrected chi connectivity index (χ1v) is 13.7. The molecule has 0 saturated heterocycles. The first-order chi connectivity index (χ1) is 15.7. The molecule has 1 saturated carbocycles. The van der Waals surface area contributed by atoms with Crippen molar-refractivity contribution in [3.05, 3.63) is 41.5 Å². The standard InChI is InChI=1S/C30H46O2/c1-3-5-7-9-11-25-14-22-29(23-15-25)32-30(31)28-20-18-27(19-21-28)26-16-12-24(13-17-26)10-8-6-4-2/h16,18-21,24-25,29H,3-15,17,22-23H2,1-2H3/t24?,25-,29-. The van der Waals surface area contributed by atoms with E-state index in [1.165, 1.54) is 101 Å². The highest BCUT2D eigenvalue weighted by atomic mass is 16.5. The summed E-state index contributed by atoms with van der Waals surface area (Å²) in [4.78, 5) is 12.7. The molecule has 0 N–H and O–H groups in total. The molecule has 0 bridgehead atoms. The second-order valence-corrected chi connectivity index (χ2v) is 10.3. The quantitative estimate of drug-likeness (QED) is 0.240. The lowest BCUT2D eigenvalue weighted by molar-refractivity contribution is 0.0161. The Morgan fingerprint density at radius 1 is 0.812 bits per heavy atom. The van der Waals surface area contributed by atoms with Gasteiger partial charge in [-0.2, -0.15) is 0 Å². The first kappa shape index (κ1) is 25.1. The van der Waals surface area contributed by atoms with Gasteiger partial charge in [-0.1, -0.05) is 89.8 Å². The molecule has 0 aromatic heterocycles. The molecule has 3 rings (SSSR count). The number of ether oxygens (including phenoxy) is 1. The molecular formula is C30H46O2. The van der Waals surface area contributed by atoms with Crippen LogP contribution in [0.25, 0.3) is 5.57 Å². The number of allylic oxidation sites excluding steroid dienone is 2. The zero-order valence-electron chi connectivity index (χ0n) is 20.7. The predicted octanol–water partition coefficient (Wildman–Crippen LogP) is 9.14. The van der Waals surface area contributed by atoms with E-state index in [2.05, 4.69) is 32.1 Å². The third kappa shape index (κ3) is 8.09. The maximum Gasteiger partial charge on any atom is 0.338 e. The van der Waals surface area contributed by atoms with Crippen LogP contribution in [0.3, 0.4) is 0 Å². The van der Waals surface area contributed by atoms with Gasteiger partial charge in [0, 0.05) is 0 Å². The monoisotopic (exact) mass is 438 g/mol. The average Bonchev–Trinajstić information content (AvgIpc) is 2.83. The maximum absolute atomic E-state index is 12.7. The summed E-state index contributed by atoms with van der Waals surface area (Å²) < 4.78 is 5.86. The zero-order valence-corrected chi connectivity index (χ0v) is 20.7. The molecule has 2 aliphatic carbocycles. The molecule has 178 valence electrons. The van der Waals surface area contributed by atoms with Crippen molar-refractivity contribution in [2.75, 3.05) is 0 Å².